The summed E-state index contributed by atoms with van der Waals surface area (Å²) in [6.45, 7) is 3.04. The zero-order valence-corrected chi connectivity index (χ0v) is 11.0. The van der Waals surface area contributed by atoms with Gasteiger partial charge < -0.3 is 14.8 Å². The van der Waals surface area contributed by atoms with Crippen LogP contribution in [0.4, 0.5) is 5.82 Å². The number of anilines is 1. The molecule has 2 aromatic rings. The smallest absolute Gasteiger partial charge is 0.131 e. The second kappa shape index (κ2) is 5.58. The summed E-state index contributed by atoms with van der Waals surface area (Å²) in [4.78, 5) is 4.56. The standard InChI is InChI=1S/C14H18N2O2/c1-4-7-15-14-6-5-11-12(16-14)8-10(17-2)9-13(11)18-3/h5-6,8-9H,4,7H2,1-3H3,(H,15,16). The van der Waals surface area contributed by atoms with E-state index in [9.17, 15) is 0 Å². The molecule has 0 aliphatic heterocycles. The van der Waals surface area contributed by atoms with Crippen LogP contribution in [-0.2, 0) is 0 Å². The summed E-state index contributed by atoms with van der Waals surface area (Å²) in [5, 5.41) is 4.26. The number of nitrogens with one attached hydrogen (secondary N) is 1. The Morgan fingerprint density at radius 1 is 1.17 bits per heavy atom. The van der Waals surface area contributed by atoms with Crippen LogP contribution in [0.1, 0.15) is 13.3 Å². The highest BCUT2D eigenvalue weighted by atomic mass is 16.5. The van der Waals surface area contributed by atoms with Gasteiger partial charge in [0.1, 0.15) is 17.3 Å². The third kappa shape index (κ3) is 2.47. The van der Waals surface area contributed by atoms with Gasteiger partial charge in [-0.3, -0.25) is 0 Å². The average Bonchev–Trinajstić information content (AvgIpc) is 2.43. The summed E-state index contributed by atoms with van der Waals surface area (Å²) < 4.78 is 10.6. The minimum atomic E-state index is 0.750. The number of rotatable bonds is 5. The predicted molar refractivity (Wildman–Crippen MR) is 73.6 cm³/mol. The first kappa shape index (κ1) is 12.5. The summed E-state index contributed by atoms with van der Waals surface area (Å²) >= 11 is 0. The van der Waals surface area contributed by atoms with Crippen LogP contribution in [0.5, 0.6) is 11.5 Å². The maximum absolute atomic E-state index is 5.35. The van der Waals surface area contributed by atoms with Crippen molar-refractivity contribution in [1.29, 1.82) is 0 Å². The highest BCUT2D eigenvalue weighted by Gasteiger charge is 2.07. The zero-order chi connectivity index (χ0) is 13.0. The van der Waals surface area contributed by atoms with Crippen molar-refractivity contribution >= 4 is 16.7 Å². The summed E-state index contributed by atoms with van der Waals surface area (Å²) in [7, 11) is 3.29. The minimum absolute atomic E-state index is 0.750. The number of benzene rings is 1. The van der Waals surface area contributed by atoms with E-state index in [1.165, 1.54) is 0 Å². The lowest BCUT2D eigenvalue weighted by Gasteiger charge is -2.10. The number of fused-ring (bicyclic) bond motifs is 1. The zero-order valence-electron chi connectivity index (χ0n) is 11.0. The van der Waals surface area contributed by atoms with Crippen molar-refractivity contribution in [2.24, 2.45) is 0 Å². The van der Waals surface area contributed by atoms with Gasteiger partial charge in [-0.15, -0.1) is 0 Å². The first-order valence-corrected chi connectivity index (χ1v) is 6.05. The lowest BCUT2D eigenvalue weighted by Crippen LogP contribution is -2.01. The van der Waals surface area contributed by atoms with E-state index in [4.69, 9.17) is 9.47 Å². The molecule has 0 aliphatic rings. The number of ether oxygens (including phenoxy) is 2. The van der Waals surface area contributed by atoms with Gasteiger partial charge in [0.25, 0.3) is 0 Å². The van der Waals surface area contributed by atoms with Gasteiger partial charge >= 0.3 is 0 Å². The van der Waals surface area contributed by atoms with Crippen LogP contribution in [0.3, 0.4) is 0 Å². The number of aromatic nitrogens is 1. The van der Waals surface area contributed by atoms with Crippen LogP contribution >= 0.6 is 0 Å². The van der Waals surface area contributed by atoms with Gasteiger partial charge in [-0.1, -0.05) is 6.92 Å². The van der Waals surface area contributed by atoms with Crippen LogP contribution in [0.25, 0.3) is 10.9 Å². The molecule has 0 amide bonds. The molecule has 96 valence electrons. The minimum Gasteiger partial charge on any atom is -0.497 e. The molecule has 2 rings (SSSR count). The number of hydrogen-bond donors (Lipinski definition) is 1. The van der Waals surface area contributed by atoms with Crippen LogP contribution in [0.15, 0.2) is 24.3 Å². The molecule has 0 atom stereocenters. The molecule has 0 bridgehead atoms. The highest BCUT2D eigenvalue weighted by molar-refractivity contribution is 5.88. The van der Waals surface area contributed by atoms with Crippen molar-refractivity contribution in [3.63, 3.8) is 0 Å². The third-order valence-electron chi connectivity index (χ3n) is 2.75. The Balaban J connectivity index is 2.47. The lowest BCUT2D eigenvalue weighted by molar-refractivity contribution is 0.398. The molecule has 0 spiro atoms. The first-order valence-electron chi connectivity index (χ1n) is 6.05. The number of hydrogen-bond acceptors (Lipinski definition) is 4. The predicted octanol–water partition coefficient (Wildman–Crippen LogP) is 3.07. The molecule has 0 radical (unpaired) electrons. The monoisotopic (exact) mass is 246 g/mol. The fourth-order valence-corrected chi connectivity index (χ4v) is 1.81. The van der Waals surface area contributed by atoms with Crippen molar-refractivity contribution in [3.8, 4) is 11.5 Å². The van der Waals surface area contributed by atoms with Crippen molar-refractivity contribution in [1.82, 2.24) is 4.98 Å². The molecule has 0 aliphatic carbocycles. The van der Waals surface area contributed by atoms with E-state index in [0.29, 0.717) is 0 Å². The Morgan fingerprint density at radius 3 is 2.67 bits per heavy atom. The molecule has 18 heavy (non-hydrogen) atoms. The Kier molecular flexibility index (Phi) is 3.87. The molecule has 1 aromatic heterocycles. The highest BCUT2D eigenvalue weighted by Crippen LogP contribution is 2.30. The van der Waals surface area contributed by atoms with Crippen molar-refractivity contribution in [2.75, 3.05) is 26.1 Å². The van der Waals surface area contributed by atoms with Gasteiger partial charge in [-0.05, 0) is 18.6 Å². The fourth-order valence-electron chi connectivity index (χ4n) is 1.81. The third-order valence-corrected chi connectivity index (χ3v) is 2.75. The molecular weight excluding hydrogens is 228 g/mol. The molecule has 4 heteroatoms. The van der Waals surface area contributed by atoms with Crippen molar-refractivity contribution < 1.29 is 9.47 Å². The van der Waals surface area contributed by atoms with E-state index < -0.39 is 0 Å². The van der Waals surface area contributed by atoms with Crippen LogP contribution < -0.4 is 14.8 Å². The van der Waals surface area contributed by atoms with E-state index in [-0.39, 0.29) is 0 Å². The second-order valence-electron chi connectivity index (χ2n) is 4.02. The number of nitrogens with zero attached hydrogens (tertiary/aromatic N) is 1. The maximum Gasteiger partial charge on any atom is 0.131 e. The molecule has 1 N–H and O–H groups in total. The van der Waals surface area contributed by atoms with E-state index in [1.807, 2.05) is 24.3 Å². The van der Waals surface area contributed by atoms with E-state index >= 15 is 0 Å². The molecule has 0 saturated heterocycles. The second-order valence-corrected chi connectivity index (χ2v) is 4.02. The van der Waals surface area contributed by atoms with Crippen molar-refractivity contribution in [3.05, 3.63) is 24.3 Å². The normalized spacial score (nSPS) is 10.4. The van der Waals surface area contributed by atoms with E-state index in [0.717, 1.165) is 41.2 Å². The Labute approximate surface area is 107 Å². The van der Waals surface area contributed by atoms with Gasteiger partial charge in [0.05, 0.1) is 19.7 Å². The first-order chi connectivity index (χ1) is 8.78. The summed E-state index contributed by atoms with van der Waals surface area (Å²) in [5.74, 6) is 2.40. The Hall–Kier alpha value is -1.97. The van der Waals surface area contributed by atoms with E-state index in [1.54, 1.807) is 14.2 Å². The van der Waals surface area contributed by atoms with Gasteiger partial charge in [-0.25, -0.2) is 4.98 Å². The van der Waals surface area contributed by atoms with Crippen LogP contribution in [-0.4, -0.2) is 25.7 Å². The number of methoxy groups -OCH3 is 2. The van der Waals surface area contributed by atoms with Gasteiger partial charge in [0.2, 0.25) is 0 Å². The Morgan fingerprint density at radius 2 is 2.00 bits per heavy atom. The SMILES string of the molecule is CCCNc1ccc2c(OC)cc(OC)cc2n1. The molecule has 0 fully saturated rings. The average molecular weight is 246 g/mol. The van der Waals surface area contributed by atoms with Gasteiger partial charge in [0.15, 0.2) is 0 Å². The largest absolute Gasteiger partial charge is 0.497 e. The Bertz CT molecular complexity index is 541. The van der Waals surface area contributed by atoms with Crippen LogP contribution in [0, 0.1) is 0 Å². The summed E-state index contributed by atoms with van der Waals surface area (Å²) in [6.07, 6.45) is 1.07. The maximum atomic E-state index is 5.35. The summed E-state index contributed by atoms with van der Waals surface area (Å²) in [6, 6.07) is 7.75. The lowest BCUT2D eigenvalue weighted by atomic mass is 10.2. The molecule has 0 saturated carbocycles. The van der Waals surface area contributed by atoms with Crippen LogP contribution in [0.2, 0.25) is 0 Å². The van der Waals surface area contributed by atoms with Gasteiger partial charge in [0, 0.05) is 24.1 Å². The fraction of sp³-hybridized carbons (Fsp3) is 0.357. The topological polar surface area (TPSA) is 43.4 Å². The molecule has 4 nitrogen and oxygen atoms in total. The van der Waals surface area contributed by atoms with Crippen molar-refractivity contribution in [2.45, 2.75) is 13.3 Å². The number of pyridine rings is 1. The molecule has 1 aromatic carbocycles. The van der Waals surface area contributed by atoms with E-state index in [2.05, 4.69) is 17.2 Å². The van der Waals surface area contributed by atoms with Gasteiger partial charge in [-0.2, -0.15) is 0 Å². The molecular formula is C14H18N2O2. The quantitative estimate of drug-likeness (QED) is 0.880. The summed E-state index contributed by atoms with van der Waals surface area (Å²) in [5.41, 5.74) is 0.868. The molecule has 0 unspecified atom stereocenters. The molecule has 1 heterocycles.